The number of sulfonamides is 1. The van der Waals surface area contributed by atoms with Gasteiger partial charge in [-0.1, -0.05) is 35.3 Å². The van der Waals surface area contributed by atoms with E-state index in [1.165, 1.54) is 0 Å². The Morgan fingerprint density at radius 1 is 1.17 bits per heavy atom. The molecule has 2 rings (SSSR count). The van der Waals surface area contributed by atoms with Gasteiger partial charge in [0, 0.05) is 17.8 Å². The van der Waals surface area contributed by atoms with Gasteiger partial charge in [-0.3, -0.25) is 4.72 Å². The van der Waals surface area contributed by atoms with Crippen LogP contribution in [0.3, 0.4) is 0 Å². The highest BCUT2D eigenvalue weighted by Gasteiger charge is 2.24. The highest BCUT2D eigenvalue weighted by atomic mass is 35.5. The van der Waals surface area contributed by atoms with Crippen LogP contribution in [0.1, 0.15) is 16.7 Å². The SMILES string of the molecule is COCc1cccc(NS(=O)(=O)c2c(C)c(Cl)cc(C)c2Cl)c1. The number of rotatable bonds is 5. The second-order valence-electron chi connectivity index (χ2n) is 5.18. The molecule has 0 aromatic heterocycles. The topological polar surface area (TPSA) is 55.4 Å². The van der Waals surface area contributed by atoms with Crippen LogP contribution in [0.25, 0.3) is 0 Å². The number of nitrogens with one attached hydrogen (secondary N) is 1. The molecule has 0 heterocycles. The molecule has 0 saturated heterocycles. The van der Waals surface area contributed by atoms with Crippen molar-refractivity contribution in [1.29, 1.82) is 0 Å². The van der Waals surface area contributed by atoms with E-state index in [0.717, 1.165) is 5.56 Å². The van der Waals surface area contributed by atoms with Gasteiger partial charge in [-0.2, -0.15) is 0 Å². The quantitative estimate of drug-likeness (QED) is 0.835. The molecule has 2 aromatic carbocycles. The molecular formula is C16H17Cl2NO3S. The zero-order chi connectivity index (χ0) is 17.2. The molecule has 0 amide bonds. The van der Waals surface area contributed by atoms with Crippen molar-refractivity contribution in [1.82, 2.24) is 0 Å². The molecule has 1 N–H and O–H groups in total. The van der Waals surface area contributed by atoms with Gasteiger partial charge in [0.25, 0.3) is 10.0 Å². The lowest BCUT2D eigenvalue weighted by atomic mass is 10.2. The Balaban J connectivity index is 2.46. The molecule has 23 heavy (non-hydrogen) atoms. The first-order valence-electron chi connectivity index (χ1n) is 6.82. The highest BCUT2D eigenvalue weighted by molar-refractivity contribution is 7.93. The third-order valence-corrected chi connectivity index (χ3v) is 5.89. The number of methoxy groups -OCH3 is 1. The predicted octanol–water partition coefficient (Wildman–Crippen LogP) is 4.56. The third-order valence-electron chi connectivity index (χ3n) is 3.35. The Morgan fingerprint density at radius 3 is 2.52 bits per heavy atom. The fourth-order valence-corrected chi connectivity index (χ4v) is 4.50. The van der Waals surface area contributed by atoms with Crippen LogP contribution in [-0.2, 0) is 21.4 Å². The molecule has 0 atom stereocenters. The van der Waals surface area contributed by atoms with Crippen LogP contribution >= 0.6 is 23.2 Å². The van der Waals surface area contributed by atoms with Gasteiger partial charge in [-0.05, 0) is 48.7 Å². The molecule has 0 aliphatic heterocycles. The van der Waals surface area contributed by atoms with Crippen molar-refractivity contribution in [2.45, 2.75) is 25.3 Å². The molecule has 0 radical (unpaired) electrons. The van der Waals surface area contributed by atoms with E-state index in [2.05, 4.69) is 4.72 Å². The molecular weight excluding hydrogens is 357 g/mol. The zero-order valence-electron chi connectivity index (χ0n) is 13.0. The molecule has 2 aromatic rings. The summed E-state index contributed by atoms with van der Waals surface area (Å²) in [5.74, 6) is 0. The first-order chi connectivity index (χ1) is 10.8. The molecule has 124 valence electrons. The average Bonchev–Trinajstić information content (AvgIpc) is 2.45. The average molecular weight is 374 g/mol. The summed E-state index contributed by atoms with van der Waals surface area (Å²) in [7, 11) is -2.28. The Labute approximate surface area is 146 Å². The lowest BCUT2D eigenvalue weighted by molar-refractivity contribution is 0.185. The lowest BCUT2D eigenvalue weighted by Gasteiger charge is -2.15. The minimum absolute atomic E-state index is 0.00121. The van der Waals surface area contributed by atoms with E-state index < -0.39 is 10.0 Å². The third kappa shape index (κ3) is 3.98. The fraction of sp³-hybridized carbons (Fsp3) is 0.250. The van der Waals surface area contributed by atoms with Gasteiger partial charge in [0.15, 0.2) is 0 Å². The summed E-state index contributed by atoms with van der Waals surface area (Å²) in [5.41, 5.74) is 2.32. The molecule has 7 heteroatoms. The predicted molar refractivity (Wildman–Crippen MR) is 93.9 cm³/mol. The second-order valence-corrected chi connectivity index (χ2v) is 7.59. The number of aryl methyl sites for hydroxylation is 1. The van der Waals surface area contributed by atoms with Crippen molar-refractivity contribution < 1.29 is 13.2 Å². The summed E-state index contributed by atoms with van der Waals surface area (Å²) >= 11 is 12.3. The molecule has 0 saturated carbocycles. The van der Waals surface area contributed by atoms with Crippen LogP contribution in [0.5, 0.6) is 0 Å². The second kappa shape index (κ2) is 7.09. The van der Waals surface area contributed by atoms with Gasteiger partial charge in [-0.15, -0.1) is 0 Å². The number of hydrogen-bond acceptors (Lipinski definition) is 3. The molecule has 0 spiro atoms. The minimum Gasteiger partial charge on any atom is -0.380 e. The Morgan fingerprint density at radius 2 is 1.87 bits per heavy atom. The maximum atomic E-state index is 12.7. The zero-order valence-corrected chi connectivity index (χ0v) is 15.3. The number of ether oxygens (including phenoxy) is 1. The van der Waals surface area contributed by atoms with Crippen LogP contribution < -0.4 is 4.72 Å². The van der Waals surface area contributed by atoms with Crippen LogP contribution in [0, 0.1) is 13.8 Å². The van der Waals surface area contributed by atoms with Gasteiger partial charge in [0.05, 0.1) is 11.6 Å². The van der Waals surface area contributed by atoms with Gasteiger partial charge in [0.2, 0.25) is 0 Å². The summed E-state index contributed by atoms with van der Waals surface area (Å²) in [5, 5.41) is 0.535. The van der Waals surface area contributed by atoms with Crippen molar-refractivity contribution in [3.05, 3.63) is 57.1 Å². The normalized spacial score (nSPS) is 11.5. The Bertz CT molecular complexity index is 809. The van der Waals surface area contributed by atoms with E-state index in [9.17, 15) is 8.42 Å². The lowest BCUT2D eigenvalue weighted by Crippen LogP contribution is -2.15. The van der Waals surface area contributed by atoms with E-state index in [4.69, 9.17) is 27.9 Å². The summed E-state index contributed by atoms with van der Waals surface area (Å²) in [4.78, 5) is 0.00121. The number of halogens is 2. The van der Waals surface area contributed by atoms with Crippen molar-refractivity contribution in [2.75, 3.05) is 11.8 Å². The molecule has 0 aliphatic carbocycles. The van der Waals surface area contributed by atoms with Crippen molar-refractivity contribution in [2.24, 2.45) is 0 Å². The van der Waals surface area contributed by atoms with E-state index in [1.807, 2.05) is 6.07 Å². The first-order valence-corrected chi connectivity index (χ1v) is 9.06. The molecule has 0 unspecified atom stereocenters. The highest BCUT2D eigenvalue weighted by Crippen LogP contribution is 2.34. The molecule has 4 nitrogen and oxygen atoms in total. The van der Waals surface area contributed by atoms with E-state index in [-0.39, 0.29) is 9.92 Å². The summed E-state index contributed by atoms with van der Waals surface area (Å²) in [6, 6.07) is 8.63. The van der Waals surface area contributed by atoms with Crippen LogP contribution in [0.4, 0.5) is 5.69 Å². The number of benzene rings is 2. The van der Waals surface area contributed by atoms with Crippen molar-refractivity contribution in [3.63, 3.8) is 0 Å². The van der Waals surface area contributed by atoms with E-state index in [0.29, 0.717) is 28.4 Å². The van der Waals surface area contributed by atoms with Crippen molar-refractivity contribution >= 4 is 38.9 Å². The maximum absolute atomic E-state index is 12.7. The summed E-state index contributed by atoms with van der Waals surface area (Å²) in [6.07, 6.45) is 0. The summed E-state index contributed by atoms with van der Waals surface area (Å²) in [6.45, 7) is 3.74. The smallest absolute Gasteiger partial charge is 0.263 e. The number of anilines is 1. The van der Waals surface area contributed by atoms with Gasteiger partial charge < -0.3 is 4.74 Å². The van der Waals surface area contributed by atoms with E-state index >= 15 is 0 Å². The number of hydrogen-bond donors (Lipinski definition) is 1. The largest absolute Gasteiger partial charge is 0.380 e. The van der Waals surface area contributed by atoms with E-state index in [1.54, 1.807) is 45.2 Å². The molecule has 0 fully saturated rings. The Hall–Kier alpha value is -1.27. The standard InChI is InChI=1S/C16H17Cl2NO3S/c1-10-7-14(17)11(2)16(15(10)18)23(20,21)19-13-6-4-5-12(8-13)9-22-3/h4-8,19H,9H2,1-3H3. The van der Waals surface area contributed by atoms with Gasteiger partial charge in [0.1, 0.15) is 4.90 Å². The van der Waals surface area contributed by atoms with Gasteiger partial charge >= 0.3 is 0 Å². The summed E-state index contributed by atoms with van der Waals surface area (Å²) < 4.78 is 33.1. The minimum atomic E-state index is -3.86. The van der Waals surface area contributed by atoms with Crippen LogP contribution in [0.15, 0.2) is 35.2 Å². The molecule has 0 bridgehead atoms. The van der Waals surface area contributed by atoms with Gasteiger partial charge in [-0.25, -0.2) is 8.42 Å². The Kier molecular flexibility index (Phi) is 5.57. The fourth-order valence-electron chi connectivity index (χ4n) is 2.23. The molecule has 0 aliphatic rings. The van der Waals surface area contributed by atoms with Crippen LogP contribution in [-0.4, -0.2) is 15.5 Å². The van der Waals surface area contributed by atoms with Crippen LogP contribution in [0.2, 0.25) is 10.0 Å². The first kappa shape index (κ1) is 18.1. The van der Waals surface area contributed by atoms with Crippen molar-refractivity contribution in [3.8, 4) is 0 Å². The maximum Gasteiger partial charge on any atom is 0.263 e. The monoisotopic (exact) mass is 373 g/mol.